The van der Waals surface area contributed by atoms with Crippen LogP contribution in [0, 0.1) is 6.92 Å². The van der Waals surface area contributed by atoms with Crippen molar-refractivity contribution < 1.29 is 13.2 Å². The predicted octanol–water partition coefficient (Wildman–Crippen LogP) is 4.61. The molecule has 3 rings (SSSR count). The number of allylic oxidation sites excluding steroid dienone is 1. The molecule has 0 saturated carbocycles. The second-order valence-electron chi connectivity index (χ2n) is 6.93. The Morgan fingerprint density at radius 2 is 1.55 bits per heavy atom. The quantitative estimate of drug-likeness (QED) is 0.421. The van der Waals surface area contributed by atoms with Crippen LogP contribution in [0.2, 0.25) is 0 Å². The van der Waals surface area contributed by atoms with Gasteiger partial charge in [0.25, 0.3) is 15.9 Å². The molecule has 0 bridgehead atoms. The third-order valence-electron chi connectivity index (χ3n) is 4.38. The van der Waals surface area contributed by atoms with E-state index in [2.05, 4.69) is 15.2 Å². The number of sulfonamides is 1. The number of nitrogens with one attached hydrogen (secondary N) is 2. The largest absolute Gasteiger partial charge is 0.280 e. The van der Waals surface area contributed by atoms with E-state index in [-0.39, 0.29) is 10.8 Å². The Hall–Kier alpha value is -3.71. The molecule has 0 heterocycles. The number of anilines is 1. The first kappa shape index (κ1) is 22.0. The Bertz CT molecular complexity index is 1200. The molecular formula is C24H23N3O3S. The second-order valence-corrected chi connectivity index (χ2v) is 8.62. The molecule has 0 aliphatic heterocycles. The summed E-state index contributed by atoms with van der Waals surface area (Å²) in [6.07, 6.45) is 3.71. The van der Waals surface area contributed by atoms with E-state index in [0.717, 1.165) is 11.1 Å². The van der Waals surface area contributed by atoms with E-state index >= 15 is 0 Å². The fourth-order valence-electron chi connectivity index (χ4n) is 2.64. The summed E-state index contributed by atoms with van der Waals surface area (Å²) in [5, 5.41) is 4.06. The van der Waals surface area contributed by atoms with Gasteiger partial charge in [-0.25, -0.2) is 13.8 Å². The first-order chi connectivity index (χ1) is 14.8. The van der Waals surface area contributed by atoms with E-state index < -0.39 is 10.0 Å². The molecule has 3 aromatic rings. The Morgan fingerprint density at radius 3 is 2.19 bits per heavy atom. The molecule has 0 saturated heterocycles. The molecule has 0 aliphatic rings. The molecule has 3 aromatic carbocycles. The molecule has 0 unspecified atom stereocenters. The highest BCUT2D eigenvalue weighted by Crippen LogP contribution is 2.17. The maximum absolute atomic E-state index is 12.5. The van der Waals surface area contributed by atoms with Gasteiger partial charge in [0, 0.05) is 11.3 Å². The summed E-state index contributed by atoms with van der Waals surface area (Å²) in [5.74, 6) is -0.389. The number of hydrazone groups is 1. The molecule has 0 radical (unpaired) electrons. The highest BCUT2D eigenvalue weighted by molar-refractivity contribution is 7.92. The number of hydrogen-bond acceptors (Lipinski definition) is 4. The summed E-state index contributed by atoms with van der Waals surface area (Å²) in [5.41, 5.74) is 5.87. The van der Waals surface area contributed by atoms with E-state index in [4.69, 9.17) is 0 Å². The molecule has 158 valence electrons. The maximum atomic E-state index is 12.5. The van der Waals surface area contributed by atoms with Crippen LogP contribution in [0.4, 0.5) is 5.69 Å². The van der Waals surface area contributed by atoms with Gasteiger partial charge in [0.2, 0.25) is 0 Å². The van der Waals surface area contributed by atoms with Crippen molar-refractivity contribution in [2.24, 2.45) is 5.10 Å². The number of amides is 1. The maximum Gasteiger partial charge on any atom is 0.271 e. The molecule has 2 N–H and O–H groups in total. The van der Waals surface area contributed by atoms with Crippen LogP contribution in [0.5, 0.6) is 0 Å². The first-order valence-corrected chi connectivity index (χ1v) is 11.1. The summed E-state index contributed by atoms with van der Waals surface area (Å²) in [6, 6.07) is 22.5. The van der Waals surface area contributed by atoms with Crippen LogP contribution in [0.1, 0.15) is 28.4 Å². The minimum atomic E-state index is -3.69. The number of benzene rings is 3. The fourth-order valence-corrected chi connectivity index (χ4v) is 3.70. The number of aryl methyl sites for hydroxylation is 1. The van der Waals surface area contributed by atoms with Gasteiger partial charge in [0.15, 0.2) is 0 Å². The van der Waals surface area contributed by atoms with Gasteiger partial charge in [0.1, 0.15) is 0 Å². The molecule has 1 amide bonds. The Kier molecular flexibility index (Phi) is 6.99. The number of carbonyl (C=O) groups is 1. The minimum Gasteiger partial charge on any atom is -0.280 e. The minimum absolute atomic E-state index is 0.174. The lowest BCUT2D eigenvalue weighted by atomic mass is 10.2. The Balaban J connectivity index is 1.61. The first-order valence-electron chi connectivity index (χ1n) is 9.61. The van der Waals surface area contributed by atoms with Crippen LogP contribution in [0.15, 0.2) is 94.9 Å². The van der Waals surface area contributed by atoms with Gasteiger partial charge in [-0.3, -0.25) is 9.52 Å². The molecule has 0 fully saturated rings. The third-order valence-corrected chi connectivity index (χ3v) is 5.78. The third kappa shape index (κ3) is 6.38. The van der Waals surface area contributed by atoms with Crippen molar-refractivity contribution in [1.29, 1.82) is 0 Å². The van der Waals surface area contributed by atoms with Crippen molar-refractivity contribution in [3.05, 3.63) is 102 Å². The molecular weight excluding hydrogens is 410 g/mol. The zero-order valence-electron chi connectivity index (χ0n) is 17.2. The number of carbonyl (C=O) groups excluding carboxylic acids is 1. The Morgan fingerprint density at radius 1 is 0.903 bits per heavy atom. The van der Waals surface area contributed by atoms with Crippen molar-refractivity contribution in [3.63, 3.8) is 0 Å². The smallest absolute Gasteiger partial charge is 0.271 e. The summed E-state index contributed by atoms with van der Waals surface area (Å²) < 4.78 is 27.4. The molecule has 0 atom stereocenters. The zero-order chi connectivity index (χ0) is 22.3. The van der Waals surface area contributed by atoms with Crippen molar-refractivity contribution in [3.8, 4) is 0 Å². The van der Waals surface area contributed by atoms with Gasteiger partial charge >= 0.3 is 0 Å². The standard InChI is InChI=1S/C24H23N3O3S/c1-18-8-16-23(17-9-18)31(29,30)27-22-14-12-21(13-15-22)24(28)26-25-19(2)10-11-20-6-4-3-5-7-20/h3-17,27H,1-2H3,(H,26,28). The van der Waals surface area contributed by atoms with Gasteiger partial charge < -0.3 is 0 Å². The number of nitrogens with zero attached hydrogens (tertiary/aromatic N) is 1. The van der Waals surface area contributed by atoms with Crippen LogP contribution in [0.25, 0.3) is 6.08 Å². The van der Waals surface area contributed by atoms with E-state index in [9.17, 15) is 13.2 Å². The fraction of sp³-hybridized carbons (Fsp3) is 0.0833. The van der Waals surface area contributed by atoms with Crippen LogP contribution in [0.3, 0.4) is 0 Å². The summed E-state index contributed by atoms with van der Waals surface area (Å²) in [7, 11) is -3.69. The number of rotatable bonds is 7. The summed E-state index contributed by atoms with van der Waals surface area (Å²) >= 11 is 0. The topological polar surface area (TPSA) is 87.6 Å². The van der Waals surface area contributed by atoms with Gasteiger partial charge in [0.05, 0.1) is 10.6 Å². The van der Waals surface area contributed by atoms with Crippen molar-refractivity contribution in [1.82, 2.24) is 5.43 Å². The average molecular weight is 434 g/mol. The number of hydrogen-bond donors (Lipinski definition) is 2. The molecule has 31 heavy (non-hydrogen) atoms. The summed E-state index contributed by atoms with van der Waals surface area (Å²) in [6.45, 7) is 3.67. The highest BCUT2D eigenvalue weighted by Gasteiger charge is 2.14. The monoisotopic (exact) mass is 433 g/mol. The Labute approximate surface area is 182 Å². The SMILES string of the molecule is CC(C=Cc1ccccc1)=NNC(=O)c1ccc(NS(=O)(=O)c2ccc(C)cc2)cc1. The van der Waals surface area contributed by atoms with Crippen molar-refractivity contribution in [2.75, 3.05) is 4.72 Å². The van der Waals surface area contributed by atoms with Gasteiger partial charge in [-0.1, -0.05) is 54.1 Å². The van der Waals surface area contributed by atoms with E-state index in [0.29, 0.717) is 17.0 Å². The van der Waals surface area contributed by atoms with Gasteiger partial charge in [-0.05, 0) is 61.9 Å². The van der Waals surface area contributed by atoms with Crippen LogP contribution in [-0.4, -0.2) is 20.0 Å². The average Bonchev–Trinajstić information content (AvgIpc) is 2.77. The van der Waals surface area contributed by atoms with E-state index in [1.165, 1.54) is 24.3 Å². The molecule has 7 heteroatoms. The molecule has 0 aliphatic carbocycles. The predicted molar refractivity (Wildman–Crippen MR) is 124 cm³/mol. The zero-order valence-corrected chi connectivity index (χ0v) is 18.1. The van der Waals surface area contributed by atoms with E-state index in [1.54, 1.807) is 37.3 Å². The van der Waals surface area contributed by atoms with Crippen LogP contribution < -0.4 is 10.1 Å². The molecule has 0 aromatic heterocycles. The van der Waals surface area contributed by atoms with Gasteiger partial charge in [-0.15, -0.1) is 0 Å². The van der Waals surface area contributed by atoms with Gasteiger partial charge in [-0.2, -0.15) is 5.10 Å². The second kappa shape index (κ2) is 9.86. The summed E-state index contributed by atoms with van der Waals surface area (Å²) in [4.78, 5) is 12.5. The lowest BCUT2D eigenvalue weighted by Crippen LogP contribution is -2.19. The molecule has 6 nitrogen and oxygen atoms in total. The highest BCUT2D eigenvalue weighted by atomic mass is 32.2. The van der Waals surface area contributed by atoms with E-state index in [1.807, 2.05) is 43.3 Å². The van der Waals surface area contributed by atoms with Crippen LogP contribution in [-0.2, 0) is 10.0 Å². The van der Waals surface area contributed by atoms with Crippen molar-refractivity contribution >= 4 is 33.4 Å². The lowest BCUT2D eigenvalue weighted by molar-refractivity contribution is 0.0955. The molecule has 0 spiro atoms. The lowest BCUT2D eigenvalue weighted by Gasteiger charge is -2.09. The normalized spacial score (nSPS) is 12.0. The van der Waals surface area contributed by atoms with Crippen LogP contribution >= 0.6 is 0 Å². The van der Waals surface area contributed by atoms with Crippen molar-refractivity contribution in [2.45, 2.75) is 18.7 Å².